The Labute approximate surface area is 88.7 Å². The van der Waals surface area contributed by atoms with Gasteiger partial charge in [0.15, 0.2) is 0 Å². The first-order valence-corrected chi connectivity index (χ1v) is 4.96. The lowest BCUT2D eigenvalue weighted by atomic mass is 10.1. The third-order valence-electron chi connectivity index (χ3n) is 2.23. The lowest BCUT2D eigenvalue weighted by Crippen LogP contribution is -2.13. The molecule has 0 bridgehead atoms. The molecule has 2 N–H and O–H groups in total. The zero-order valence-electron chi connectivity index (χ0n) is 8.64. The van der Waals surface area contributed by atoms with Gasteiger partial charge in [0.1, 0.15) is 5.84 Å². The van der Waals surface area contributed by atoms with Crippen molar-refractivity contribution < 1.29 is 0 Å². The molecule has 1 aromatic carbocycles. The molecule has 0 fully saturated rings. The highest BCUT2D eigenvalue weighted by molar-refractivity contribution is 6.00. The van der Waals surface area contributed by atoms with Crippen LogP contribution in [0.25, 0.3) is 10.9 Å². The smallest absolute Gasteiger partial charge is 0.125 e. The number of rotatable bonds is 2. The average Bonchev–Trinajstić information content (AvgIpc) is 2.29. The summed E-state index contributed by atoms with van der Waals surface area (Å²) in [5.74, 6) is 0.586. The molecule has 0 radical (unpaired) electrons. The summed E-state index contributed by atoms with van der Waals surface area (Å²) in [5, 5.41) is 1.09. The first kappa shape index (κ1) is 9.65. The molecule has 0 atom stereocenters. The highest BCUT2D eigenvalue weighted by atomic mass is 14.8. The third kappa shape index (κ3) is 1.96. The van der Waals surface area contributed by atoms with E-state index in [0.29, 0.717) is 12.4 Å². The number of amidine groups is 1. The van der Waals surface area contributed by atoms with Crippen molar-refractivity contribution in [3.63, 3.8) is 0 Å². The highest BCUT2D eigenvalue weighted by Crippen LogP contribution is 2.12. The Morgan fingerprint density at radius 3 is 3.07 bits per heavy atom. The van der Waals surface area contributed by atoms with Crippen LogP contribution in [0.3, 0.4) is 0 Å². The third-order valence-corrected chi connectivity index (χ3v) is 2.23. The molecule has 1 heterocycles. The normalized spacial score (nSPS) is 11.9. The van der Waals surface area contributed by atoms with Crippen molar-refractivity contribution in [2.75, 3.05) is 6.54 Å². The van der Waals surface area contributed by atoms with E-state index < -0.39 is 0 Å². The molecule has 76 valence electrons. The van der Waals surface area contributed by atoms with Gasteiger partial charge < -0.3 is 5.73 Å². The van der Waals surface area contributed by atoms with Gasteiger partial charge in [-0.05, 0) is 31.2 Å². The van der Waals surface area contributed by atoms with E-state index in [-0.39, 0.29) is 0 Å². The molecule has 0 spiro atoms. The molecule has 0 saturated heterocycles. The second kappa shape index (κ2) is 4.09. The summed E-state index contributed by atoms with van der Waals surface area (Å²) in [7, 11) is 0. The van der Waals surface area contributed by atoms with Crippen molar-refractivity contribution in [2.45, 2.75) is 6.92 Å². The molecule has 0 unspecified atom stereocenters. The Bertz CT molecular complexity index is 503. The van der Waals surface area contributed by atoms with Crippen LogP contribution in [0, 0.1) is 0 Å². The number of benzene rings is 1. The average molecular weight is 199 g/mol. The molecule has 0 aliphatic heterocycles. The summed E-state index contributed by atoms with van der Waals surface area (Å²) in [6, 6.07) is 9.85. The standard InChI is InChI=1S/C12H13N3/c1-2-14-12(13)10-5-6-11-9(8-10)4-3-7-15-11/h3-8H,2H2,1H3,(H2,13,14). The van der Waals surface area contributed by atoms with E-state index in [9.17, 15) is 0 Å². The van der Waals surface area contributed by atoms with Gasteiger partial charge in [-0.25, -0.2) is 0 Å². The number of hydrogen-bond donors (Lipinski definition) is 1. The predicted molar refractivity (Wildman–Crippen MR) is 63.0 cm³/mol. The van der Waals surface area contributed by atoms with Crippen LogP contribution in [0.4, 0.5) is 0 Å². The van der Waals surface area contributed by atoms with Crippen molar-refractivity contribution in [2.24, 2.45) is 10.7 Å². The molecular weight excluding hydrogens is 186 g/mol. The molecule has 0 amide bonds. The van der Waals surface area contributed by atoms with Crippen molar-refractivity contribution in [1.29, 1.82) is 0 Å². The molecule has 2 rings (SSSR count). The van der Waals surface area contributed by atoms with Gasteiger partial charge in [0.05, 0.1) is 5.52 Å². The van der Waals surface area contributed by atoms with Gasteiger partial charge in [-0.1, -0.05) is 6.07 Å². The fraction of sp³-hybridized carbons (Fsp3) is 0.167. The van der Waals surface area contributed by atoms with Crippen LogP contribution in [0.2, 0.25) is 0 Å². The van der Waals surface area contributed by atoms with Gasteiger partial charge in [0, 0.05) is 23.7 Å². The molecule has 0 aliphatic rings. The molecular formula is C12H13N3. The summed E-state index contributed by atoms with van der Waals surface area (Å²) in [6.07, 6.45) is 1.78. The van der Waals surface area contributed by atoms with E-state index in [1.807, 2.05) is 37.3 Å². The molecule has 3 nitrogen and oxygen atoms in total. The summed E-state index contributed by atoms with van der Waals surface area (Å²) >= 11 is 0. The van der Waals surface area contributed by atoms with Crippen molar-refractivity contribution in [1.82, 2.24) is 4.98 Å². The quantitative estimate of drug-likeness (QED) is 0.593. The fourth-order valence-electron chi connectivity index (χ4n) is 1.50. The zero-order valence-corrected chi connectivity index (χ0v) is 8.64. The summed E-state index contributed by atoms with van der Waals surface area (Å²) in [5.41, 5.74) is 7.76. The van der Waals surface area contributed by atoms with Gasteiger partial charge in [-0.3, -0.25) is 9.98 Å². The monoisotopic (exact) mass is 199 g/mol. The molecule has 0 aliphatic carbocycles. The Kier molecular flexibility index (Phi) is 2.63. The summed E-state index contributed by atoms with van der Waals surface area (Å²) in [6.45, 7) is 2.67. The lowest BCUT2D eigenvalue weighted by molar-refractivity contribution is 1.12. The maximum Gasteiger partial charge on any atom is 0.125 e. The molecule has 1 aromatic heterocycles. The molecule has 15 heavy (non-hydrogen) atoms. The van der Waals surface area contributed by atoms with Crippen LogP contribution in [0.1, 0.15) is 12.5 Å². The van der Waals surface area contributed by atoms with Crippen LogP contribution < -0.4 is 5.73 Å². The van der Waals surface area contributed by atoms with E-state index in [1.54, 1.807) is 6.20 Å². The number of nitrogens with two attached hydrogens (primary N) is 1. The van der Waals surface area contributed by atoms with Gasteiger partial charge >= 0.3 is 0 Å². The van der Waals surface area contributed by atoms with Crippen LogP contribution in [-0.2, 0) is 0 Å². The largest absolute Gasteiger partial charge is 0.384 e. The number of fused-ring (bicyclic) bond motifs is 1. The van der Waals surface area contributed by atoms with Gasteiger partial charge in [0.25, 0.3) is 0 Å². The topological polar surface area (TPSA) is 51.3 Å². The second-order valence-electron chi connectivity index (χ2n) is 3.27. The molecule has 2 aromatic rings. The van der Waals surface area contributed by atoms with E-state index in [0.717, 1.165) is 16.5 Å². The van der Waals surface area contributed by atoms with Crippen LogP contribution >= 0.6 is 0 Å². The van der Waals surface area contributed by atoms with Gasteiger partial charge in [-0.15, -0.1) is 0 Å². The van der Waals surface area contributed by atoms with Crippen molar-refractivity contribution in [3.05, 3.63) is 42.1 Å². The second-order valence-corrected chi connectivity index (χ2v) is 3.27. The van der Waals surface area contributed by atoms with E-state index >= 15 is 0 Å². The van der Waals surface area contributed by atoms with Gasteiger partial charge in [0.2, 0.25) is 0 Å². The molecule has 0 saturated carbocycles. The Balaban J connectivity index is 2.51. The Hall–Kier alpha value is -1.90. The minimum absolute atomic E-state index is 0.586. The first-order chi connectivity index (χ1) is 7.31. The van der Waals surface area contributed by atoms with E-state index in [4.69, 9.17) is 5.73 Å². The van der Waals surface area contributed by atoms with Crippen molar-refractivity contribution >= 4 is 16.7 Å². The number of nitrogens with zero attached hydrogens (tertiary/aromatic N) is 2. The number of aliphatic imine (C=N–C) groups is 1. The minimum Gasteiger partial charge on any atom is -0.384 e. The van der Waals surface area contributed by atoms with E-state index in [1.165, 1.54) is 0 Å². The number of hydrogen-bond acceptors (Lipinski definition) is 2. The molecule has 3 heteroatoms. The number of aromatic nitrogens is 1. The maximum absolute atomic E-state index is 5.83. The van der Waals surface area contributed by atoms with E-state index in [2.05, 4.69) is 9.98 Å². The van der Waals surface area contributed by atoms with Crippen molar-refractivity contribution in [3.8, 4) is 0 Å². The summed E-state index contributed by atoms with van der Waals surface area (Å²) < 4.78 is 0. The zero-order chi connectivity index (χ0) is 10.7. The highest BCUT2D eigenvalue weighted by Gasteiger charge is 1.99. The van der Waals surface area contributed by atoms with Crippen LogP contribution in [-0.4, -0.2) is 17.4 Å². The van der Waals surface area contributed by atoms with Crippen LogP contribution in [0.15, 0.2) is 41.5 Å². The maximum atomic E-state index is 5.83. The lowest BCUT2D eigenvalue weighted by Gasteiger charge is -2.02. The Morgan fingerprint density at radius 1 is 1.40 bits per heavy atom. The SMILES string of the molecule is CCN=C(N)c1ccc2ncccc2c1. The minimum atomic E-state index is 0.586. The van der Waals surface area contributed by atoms with Gasteiger partial charge in [-0.2, -0.15) is 0 Å². The predicted octanol–water partition coefficient (Wildman–Crippen LogP) is 1.96. The first-order valence-electron chi connectivity index (χ1n) is 4.96. The summed E-state index contributed by atoms with van der Waals surface area (Å²) in [4.78, 5) is 8.42. The van der Waals surface area contributed by atoms with Crippen LogP contribution in [0.5, 0.6) is 0 Å². The number of pyridine rings is 1. The fourth-order valence-corrected chi connectivity index (χ4v) is 1.50. The Morgan fingerprint density at radius 2 is 2.27 bits per heavy atom.